The average molecular weight is 400 g/mol. The molecule has 0 spiro atoms. The Morgan fingerprint density at radius 2 is 2.08 bits per heavy atom. The lowest BCUT2D eigenvalue weighted by Crippen LogP contribution is -2.24. The quantitative estimate of drug-likeness (QED) is 0.743. The summed E-state index contributed by atoms with van der Waals surface area (Å²) in [5.74, 6) is -0.174. The maximum atomic E-state index is 12.5. The Balaban J connectivity index is 1.66. The van der Waals surface area contributed by atoms with Gasteiger partial charge in [-0.1, -0.05) is 60.3 Å². The second kappa shape index (κ2) is 8.38. The summed E-state index contributed by atoms with van der Waals surface area (Å²) in [6, 6.07) is 5.46. The molecule has 0 saturated heterocycles. The second-order valence-corrected chi connectivity index (χ2v) is 8.14. The van der Waals surface area contributed by atoms with E-state index in [1.807, 2.05) is 11.6 Å². The molecule has 2 aromatic rings. The molecule has 1 fully saturated rings. The van der Waals surface area contributed by atoms with Gasteiger partial charge in [-0.3, -0.25) is 4.79 Å². The molecular formula is C16H19Cl2N5OS. The number of aromatic nitrogens is 4. The SMILES string of the molecule is CC(Sc1nnnn1C1CCCCC1)C(=O)Nc1cccc(Cl)c1Cl. The third-order valence-corrected chi connectivity index (χ3v) is 6.11. The number of carbonyl (C=O) groups is 1. The van der Waals surface area contributed by atoms with Crippen molar-refractivity contribution in [1.29, 1.82) is 0 Å². The zero-order valence-corrected chi connectivity index (χ0v) is 16.1. The topological polar surface area (TPSA) is 72.7 Å². The maximum Gasteiger partial charge on any atom is 0.237 e. The van der Waals surface area contributed by atoms with Crippen LogP contribution in [0.25, 0.3) is 0 Å². The highest BCUT2D eigenvalue weighted by atomic mass is 35.5. The highest BCUT2D eigenvalue weighted by Gasteiger charge is 2.24. The van der Waals surface area contributed by atoms with Crippen LogP contribution in [0.1, 0.15) is 45.1 Å². The van der Waals surface area contributed by atoms with E-state index < -0.39 is 0 Å². The standard InChI is InChI=1S/C16H19Cl2N5OS/c1-10(15(24)19-13-9-5-8-12(17)14(13)18)25-16-20-21-22-23(16)11-6-3-2-4-7-11/h5,8-11H,2-4,6-7H2,1H3,(H,19,24). The second-order valence-electron chi connectivity index (χ2n) is 6.05. The highest BCUT2D eigenvalue weighted by molar-refractivity contribution is 8.00. The molecule has 6 nitrogen and oxygen atoms in total. The predicted molar refractivity (Wildman–Crippen MR) is 100 cm³/mol. The number of amides is 1. The molecule has 0 aliphatic heterocycles. The number of halogens is 2. The summed E-state index contributed by atoms with van der Waals surface area (Å²) in [6.07, 6.45) is 5.81. The van der Waals surface area contributed by atoms with Gasteiger partial charge >= 0.3 is 0 Å². The van der Waals surface area contributed by atoms with E-state index in [0.29, 0.717) is 26.9 Å². The zero-order valence-electron chi connectivity index (χ0n) is 13.8. The van der Waals surface area contributed by atoms with Gasteiger partial charge in [0, 0.05) is 0 Å². The van der Waals surface area contributed by atoms with Gasteiger partial charge in [-0.05, 0) is 42.3 Å². The van der Waals surface area contributed by atoms with Gasteiger partial charge in [0.25, 0.3) is 0 Å². The normalized spacial score (nSPS) is 16.6. The monoisotopic (exact) mass is 399 g/mol. The summed E-state index contributed by atoms with van der Waals surface area (Å²) >= 11 is 13.4. The van der Waals surface area contributed by atoms with Gasteiger partial charge in [-0.15, -0.1) is 5.10 Å². The molecule has 134 valence electrons. The van der Waals surface area contributed by atoms with Gasteiger partial charge < -0.3 is 5.32 Å². The minimum atomic E-state index is -0.372. The molecule has 0 bridgehead atoms. The molecule has 1 amide bonds. The van der Waals surface area contributed by atoms with Crippen molar-refractivity contribution in [1.82, 2.24) is 20.2 Å². The molecule has 1 unspecified atom stereocenters. The summed E-state index contributed by atoms with van der Waals surface area (Å²) in [7, 11) is 0. The minimum Gasteiger partial charge on any atom is -0.324 e. The van der Waals surface area contributed by atoms with Crippen molar-refractivity contribution < 1.29 is 4.79 Å². The summed E-state index contributed by atoms with van der Waals surface area (Å²) in [4.78, 5) is 12.5. The fourth-order valence-electron chi connectivity index (χ4n) is 2.86. The first-order valence-electron chi connectivity index (χ1n) is 8.25. The van der Waals surface area contributed by atoms with Crippen molar-refractivity contribution in [3.63, 3.8) is 0 Å². The van der Waals surface area contributed by atoms with Crippen LogP contribution in [0.2, 0.25) is 10.0 Å². The Labute approximate surface area is 160 Å². The van der Waals surface area contributed by atoms with Gasteiger partial charge in [0.05, 0.1) is 27.0 Å². The lowest BCUT2D eigenvalue weighted by atomic mass is 9.96. The number of nitrogens with zero attached hydrogens (tertiary/aromatic N) is 4. The van der Waals surface area contributed by atoms with Gasteiger partial charge in [0.15, 0.2) is 0 Å². The number of tetrazole rings is 1. The van der Waals surface area contributed by atoms with Crippen LogP contribution < -0.4 is 5.32 Å². The Bertz CT molecular complexity index is 748. The van der Waals surface area contributed by atoms with Crippen LogP contribution in [0.15, 0.2) is 23.4 Å². The fraction of sp³-hybridized carbons (Fsp3) is 0.500. The first-order chi connectivity index (χ1) is 12.1. The number of carbonyl (C=O) groups excluding carboxylic acids is 1. The summed E-state index contributed by atoms with van der Waals surface area (Å²) < 4.78 is 1.86. The number of hydrogen-bond donors (Lipinski definition) is 1. The molecule has 1 atom stereocenters. The first kappa shape index (κ1) is 18.5. The molecule has 1 heterocycles. The van der Waals surface area contributed by atoms with Crippen LogP contribution >= 0.6 is 35.0 Å². The van der Waals surface area contributed by atoms with Crippen LogP contribution in [-0.2, 0) is 4.79 Å². The number of hydrogen-bond acceptors (Lipinski definition) is 5. The number of benzene rings is 1. The lowest BCUT2D eigenvalue weighted by Gasteiger charge is -2.22. The van der Waals surface area contributed by atoms with E-state index in [1.54, 1.807) is 18.2 Å². The van der Waals surface area contributed by atoms with E-state index in [2.05, 4.69) is 20.8 Å². The molecule has 1 aliphatic rings. The van der Waals surface area contributed by atoms with E-state index in [4.69, 9.17) is 23.2 Å². The smallest absolute Gasteiger partial charge is 0.237 e. The van der Waals surface area contributed by atoms with Crippen molar-refractivity contribution in [2.45, 2.75) is 55.5 Å². The van der Waals surface area contributed by atoms with Crippen molar-refractivity contribution in [2.24, 2.45) is 0 Å². The van der Waals surface area contributed by atoms with Crippen molar-refractivity contribution >= 4 is 46.6 Å². The molecule has 9 heteroatoms. The largest absolute Gasteiger partial charge is 0.324 e. The Kier molecular flexibility index (Phi) is 6.19. The minimum absolute atomic E-state index is 0.174. The molecular weight excluding hydrogens is 381 g/mol. The van der Waals surface area contributed by atoms with Gasteiger partial charge in [-0.2, -0.15) is 0 Å². The Hall–Kier alpha value is -1.31. The van der Waals surface area contributed by atoms with E-state index >= 15 is 0 Å². The van der Waals surface area contributed by atoms with Crippen LogP contribution in [0.3, 0.4) is 0 Å². The van der Waals surface area contributed by atoms with Crippen molar-refractivity contribution in [3.05, 3.63) is 28.2 Å². The van der Waals surface area contributed by atoms with Gasteiger partial charge in [0.2, 0.25) is 11.1 Å². The van der Waals surface area contributed by atoms with E-state index in [1.165, 1.54) is 31.0 Å². The molecule has 3 rings (SSSR count). The number of nitrogens with one attached hydrogen (secondary N) is 1. The summed E-state index contributed by atoms with van der Waals surface area (Å²) in [5.41, 5.74) is 0.499. The molecule has 1 N–H and O–H groups in total. The van der Waals surface area contributed by atoms with Crippen molar-refractivity contribution in [2.75, 3.05) is 5.32 Å². The van der Waals surface area contributed by atoms with E-state index in [9.17, 15) is 4.79 Å². The molecule has 1 saturated carbocycles. The Morgan fingerprint density at radius 3 is 2.84 bits per heavy atom. The number of thioether (sulfide) groups is 1. The highest BCUT2D eigenvalue weighted by Crippen LogP contribution is 2.33. The average Bonchev–Trinajstić information content (AvgIpc) is 3.07. The van der Waals surface area contributed by atoms with Crippen LogP contribution in [0.4, 0.5) is 5.69 Å². The third kappa shape index (κ3) is 4.46. The van der Waals surface area contributed by atoms with Crippen LogP contribution in [0.5, 0.6) is 0 Å². The van der Waals surface area contributed by atoms with Gasteiger partial charge in [0.1, 0.15) is 0 Å². The summed E-state index contributed by atoms with van der Waals surface area (Å²) in [5, 5.41) is 15.9. The number of rotatable bonds is 5. The summed E-state index contributed by atoms with van der Waals surface area (Å²) in [6.45, 7) is 1.82. The molecule has 1 aliphatic carbocycles. The van der Waals surface area contributed by atoms with E-state index in [-0.39, 0.29) is 11.2 Å². The predicted octanol–water partition coefficient (Wildman–Crippen LogP) is 4.60. The lowest BCUT2D eigenvalue weighted by molar-refractivity contribution is -0.115. The molecule has 0 radical (unpaired) electrons. The third-order valence-electron chi connectivity index (χ3n) is 4.24. The van der Waals surface area contributed by atoms with Crippen LogP contribution in [0, 0.1) is 0 Å². The fourth-order valence-corrected chi connectivity index (χ4v) is 4.07. The van der Waals surface area contributed by atoms with E-state index in [0.717, 1.165) is 12.8 Å². The maximum absolute atomic E-state index is 12.5. The number of anilines is 1. The Morgan fingerprint density at radius 1 is 1.32 bits per heavy atom. The first-order valence-corrected chi connectivity index (χ1v) is 9.89. The molecule has 1 aromatic heterocycles. The zero-order chi connectivity index (χ0) is 17.8. The molecule has 25 heavy (non-hydrogen) atoms. The van der Waals surface area contributed by atoms with Crippen molar-refractivity contribution in [3.8, 4) is 0 Å². The van der Waals surface area contributed by atoms with Crippen LogP contribution in [-0.4, -0.2) is 31.4 Å². The molecule has 1 aromatic carbocycles. The van der Waals surface area contributed by atoms with Gasteiger partial charge in [-0.25, -0.2) is 4.68 Å².